The fourth-order valence-corrected chi connectivity index (χ4v) is 2.98. The Hall–Kier alpha value is -0.940. The van der Waals surface area contributed by atoms with Crippen LogP contribution in [0.3, 0.4) is 0 Å². The number of aromatic nitrogens is 1. The Morgan fingerprint density at radius 2 is 2.15 bits per heavy atom. The minimum atomic E-state index is -0.557. The summed E-state index contributed by atoms with van der Waals surface area (Å²) in [5, 5.41) is 0. The molecule has 108 valence electrons. The molecule has 0 aromatic carbocycles. The average molecular weight is 339 g/mol. The van der Waals surface area contributed by atoms with Crippen LogP contribution in [0.5, 0.6) is 0 Å². The topological polar surface area (TPSA) is 42.4 Å². The molecule has 1 aromatic rings. The summed E-state index contributed by atoms with van der Waals surface area (Å²) in [7, 11) is 0. The van der Waals surface area contributed by atoms with Crippen molar-refractivity contribution in [3.05, 3.63) is 28.5 Å². The van der Waals surface area contributed by atoms with Crippen LogP contribution >= 0.6 is 15.9 Å². The van der Waals surface area contributed by atoms with E-state index >= 15 is 0 Å². The van der Waals surface area contributed by atoms with Crippen LogP contribution < -0.4 is 0 Å². The van der Waals surface area contributed by atoms with Crippen LogP contribution in [0.15, 0.2) is 22.8 Å². The molecule has 2 fully saturated rings. The fraction of sp³-hybridized carbons (Fsp3) is 0.600. The highest BCUT2D eigenvalue weighted by atomic mass is 79.9. The monoisotopic (exact) mass is 338 g/mol. The van der Waals surface area contributed by atoms with Crippen molar-refractivity contribution in [2.45, 2.75) is 25.9 Å². The molecule has 2 aliphatic rings. The average Bonchev–Trinajstić information content (AvgIpc) is 3.03. The van der Waals surface area contributed by atoms with Gasteiger partial charge in [-0.1, -0.05) is 0 Å². The molecule has 1 saturated heterocycles. The lowest BCUT2D eigenvalue weighted by molar-refractivity contribution is -0.142. The maximum Gasteiger partial charge on any atom is 0.248 e. The van der Waals surface area contributed by atoms with Crippen LogP contribution in [0.25, 0.3) is 0 Å². The van der Waals surface area contributed by atoms with E-state index in [9.17, 15) is 4.79 Å². The molecule has 5 heteroatoms. The molecule has 3 rings (SSSR count). The van der Waals surface area contributed by atoms with Gasteiger partial charge in [-0.2, -0.15) is 0 Å². The van der Waals surface area contributed by atoms with Crippen LogP contribution in [0.1, 0.15) is 26.0 Å². The number of carbonyl (C=O) groups excluding carboxylic acids is 1. The van der Waals surface area contributed by atoms with E-state index in [1.165, 1.54) is 6.42 Å². The molecule has 0 bridgehead atoms. The molecule has 20 heavy (non-hydrogen) atoms. The molecule has 0 spiro atoms. The van der Waals surface area contributed by atoms with Gasteiger partial charge in [0.1, 0.15) is 12.2 Å². The van der Waals surface area contributed by atoms with E-state index in [1.807, 2.05) is 30.9 Å². The molecule has 1 saturated carbocycles. The van der Waals surface area contributed by atoms with E-state index < -0.39 is 5.60 Å². The summed E-state index contributed by atoms with van der Waals surface area (Å²) < 4.78 is 6.75. The lowest BCUT2D eigenvalue weighted by atomic mass is 10.0. The summed E-state index contributed by atoms with van der Waals surface area (Å²) in [5.74, 6) is 1.63. The van der Waals surface area contributed by atoms with Crippen molar-refractivity contribution in [1.29, 1.82) is 0 Å². The van der Waals surface area contributed by atoms with E-state index in [1.54, 1.807) is 6.20 Å². The molecule has 2 atom stereocenters. The van der Waals surface area contributed by atoms with E-state index in [2.05, 4.69) is 20.9 Å². The number of nitrogens with zero attached hydrogens (tertiary/aromatic N) is 2. The van der Waals surface area contributed by atoms with Crippen molar-refractivity contribution in [2.75, 3.05) is 19.7 Å². The first kappa shape index (κ1) is 14.0. The van der Waals surface area contributed by atoms with Gasteiger partial charge in [0.15, 0.2) is 0 Å². The van der Waals surface area contributed by atoms with E-state index in [0.717, 1.165) is 35.1 Å². The van der Waals surface area contributed by atoms with E-state index in [-0.39, 0.29) is 12.5 Å². The second-order valence-electron chi connectivity index (χ2n) is 6.22. The summed E-state index contributed by atoms with van der Waals surface area (Å²) >= 11 is 3.36. The maximum absolute atomic E-state index is 12.1. The van der Waals surface area contributed by atoms with E-state index in [0.29, 0.717) is 0 Å². The summed E-state index contributed by atoms with van der Waals surface area (Å²) in [5.41, 5.74) is 0.275. The first-order chi connectivity index (χ1) is 9.45. The molecular formula is C15H19BrN2O2. The zero-order valence-corrected chi connectivity index (χ0v) is 13.4. The Morgan fingerprint density at radius 1 is 1.45 bits per heavy atom. The molecule has 4 nitrogen and oxygen atoms in total. The number of fused-ring (bicyclic) bond motifs is 1. The minimum absolute atomic E-state index is 0.0994. The Morgan fingerprint density at radius 3 is 2.75 bits per heavy atom. The molecule has 0 N–H and O–H groups in total. The fourth-order valence-electron chi connectivity index (χ4n) is 2.74. The Balaban J connectivity index is 1.56. The third-order valence-electron chi connectivity index (χ3n) is 4.23. The number of halogens is 1. The minimum Gasteiger partial charge on any atom is -0.359 e. The highest BCUT2D eigenvalue weighted by molar-refractivity contribution is 9.10. The number of ether oxygens (including phenoxy) is 1. The molecule has 1 aliphatic heterocycles. The van der Waals surface area contributed by atoms with Crippen molar-refractivity contribution < 1.29 is 9.53 Å². The number of hydrogen-bond acceptors (Lipinski definition) is 3. The quantitative estimate of drug-likeness (QED) is 0.847. The van der Waals surface area contributed by atoms with Crippen molar-refractivity contribution in [1.82, 2.24) is 9.88 Å². The first-order valence-electron chi connectivity index (χ1n) is 6.99. The Labute approximate surface area is 127 Å². The third kappa shape index (κ3) is 2.88. The first-order valence-corrected chi connectivity index (χ1v) is 7.79. The van der Waals surface area contributed by atoms with Gasteiger partial charge < -0.3 is 9.64 Å². The number of pyridine rings is 1. The standard InChI is InChI=1S/C15H19BrN2O2/c1-15(2,13-4-3-12(16)6-17-13)20-9-14(19)18-7-10-5-11(10)8-18/h3-4,6,10-11H,5,7-9H2,1-2H3. The van der Waals surface area contributed by atoms with Crippen LogP contribution in [-0.2, 0) is 15.1 Å². The number of likely N-dealkylation sites (tertiary alicyclic amines) is 1. The van der Waals surface area contributed by atoms with Crippen LogP contribution in [0.4, 0.5) is 0 Å². The van der Waals surface area contributed by atoms with Gasteiger partial charge in [0, 0.05) is 23.8 Å². The van der Waals surface area contributed by atoms with Gasteiger partial charge in [0.25, 0.3) is 0 Å². The SMILES string of the molecule is CC(C)(OCC(=O)N1CC2CC2C1)c1ccc(Br)cn1. The highest BCUT2D eigenvalue weighted by Crippen LogP contribution is 2.44. The number of rotatable bonds is 4. The van der Waals surface area contributed by atoms with Crippen molar-refractivity contribution >= 4 is 21.8 Å². The zero-order chi connectivity index (χ0) is 14.3. The second kappa shape index (κ2) is 5.11. The smallest absolute Gasteiger partial charge is 0.248 e. The van der Waals surface area contributed by atoms with Gasteiger partial charge >= 0.3 is 0 Å². The second-order valence-corrected chi connectivity index (χ2v) is 7.13. The summed E-state index contributed by atoms with van der Waals surface area (Å²) in [6.45, 7) is 5.85. The van der Waals surface area contributed by atoms with E-state index in [4.69, 9.17) is 4.74 Å². The van der Waals surface area contributed by atoms with Crippen LogP contribution in [-0.4, -0.2) is 35.5 Å². The van der Waals surface area contributed by atoms with Crippen molar-refractivity contribution in [3.63, 3.8) is 0 Å². The van der Waals surface area contributed by atoms with Gasteiger partial charge in [-0.3, -0.25) is 9.78 Å². The van der Waals surface area contributed by atoms with Crippen LogP contribution in [0, 0.1) is 11.8 Å². The van der Waals surface area contributed by atoms with Gasteiger partial charge in [0.05, 0.1) is 5.69 Å². The predicted octanol–water partition coefficient (Wildman–Crippen LogP) is 2.57. The lowest BCUT2D eigenvalue weighted by Crippen LogP contribution is -2.36. The maximum atomic E-state index is 12.1. The molecule has 2 unspecified atom stereocenters. The molecule has 1 aliphatic carbocycles. The summed E-state index contributed by atoms with van der Waals surface area (Å²) in [4.78, 5) is 18.4. The summed E-state index contributed by atoms with van der Waals surface area (Å²) in [6, 6.07) is 3.85. The van der Waals surface area contributed by atoms with Gasteiger partial charge in [-0.15, -0.1) is 0 Å². The molecule has 0 radical (unpaired) electrons. The molecular weight excluding hydrogens is 320 g/mol. The number of piperidine rings is 1. The summed E-state index contributed by atoms with van der Waals surface area (Å²) in [6.07, 6.45) is 3.05. The highest BCUT2D eigenvalue weighted by Gasteiger charge is 2.46. The number of carbonyl (C=O) groups is 1. The van der Waals surface area contributed by atoms with Crippen molar-refractivity contribution in [3.8, 4) is 0 Å². The molecule has 1 amide bonds. The Bertz CT molecular complexity index is 505. The third-order valence-corrected chi connectivity index (χ3v) is 4.70. The normalized spacial score (nSPS) is 24.6. The molecule has 2 heterocycles. The zero-order valence-electron chi connectivity index (χ0n) is 11.8. The molecule has 1 aromatic heterocycles. The number of amides is 1. The largest absolute Gasteiger partial charge is 0.359 e. The lowest BCUT2D eigenvalue weighted by Gasteiger charge is -2.26. The predicted molar refractivity (Wildman–Crippen MR) is 79.1 cm³/mol. The van der Waals surface area contributed by atoms with Crippen LogP contribution in [0.2, 0.25) is 0 Å². The van der Waals surface area contributed by atoms with Gasteiger partial charge in [-0.25, -0.2) is 0 Å². The number of hydrogen-bond donors (Lipinski definition) is 0. The van der Waals surface area contributed by atoms with Gasteiger partial charge in [0.2, 0.25) is 5.91 Å². The van der Waals surface area contributed by atoms with Crippen molar-refractivity contribution in [2.24, 2.45) is 11.8 Å². The Kier molecular flexibility index (Phi) is 3.58. The van der Waals surface area contributed by atoms with Gasteiger partial charge in [-0.05, 0) is 60.2 Å².